The molecule has 0 heterocycles. The molecule has 0 fully saturated rings. The molecule has 1 N–H and O–H groups in total. The van der Waals surface area contributed by atoms with E-state index in [-0.39, 0.29) is 6.42 Å². The highest BCUT2D eigenvalue weighted by Gasteiger charge is 2.27. The molecule has 1 aromatic rings. The summed E-state index contributed by atoms with van der Waals surface area (Å²) < 4.78 is 78.1. The number of aliphatic hydroxyl groups is 1. The zero-order chi connectivity index (χ0) is 14.6. The van der Waals surface area contributed by atoms with Crippen LogP contribution in [0.5, 0.6) is 0 Å². The summed E-state index contributed by atoms with van der Waals surface area (Å²) >= 11 is 0. The van der Waals surface area contributed by atoms with E-state index in [4.69, 9.17) is 0 Å². The molecule has 0 bridgehead atoms. The third kappa shape index (κ3) is 4.71. The summed E-state index contributed by atoms with van der Waals surface area (Å²) in [6, 6.07) is 1.44. The predicted octanol–water partition coefficient (Wildman–Crippen LogP) is 3.11. The van der Waals surface area contributed by atoms with E-state index in [2.05, 4.69) is 4.74 Å². The lowest BCUT2D eigenvalue weighted by molar-refractivity contribution is -0.175. The molecule has 0 amide bonds. The molecule has 0 radical (unpaired) electrons. The Morgan fingerprint density at radius 2 is 1.74 bits per heavy atom. The minimum absolute atomic E-state index is 0.377. The summed E-state index contributed by atoms with van der Waals surface area (Å²) in [6.07, 6.45) is -6.46. The van der Waals surface area contributed by atoms with E-state index in [1.807, 2.05) is 0 Å². The first-order valence-electron chi connectivity index (χ1n) is 5.18. The SMILES string of the molecule is OC(CCOCC(F)(F)F)c1ccc(F)c(F)c1F. The van der Waals surface area contributed by atoms with Crippen LogP contribution in [-0.2, 0) is 4.74 Å². The molecule has 0 spiro atoms. The van der Waals surface area contributed by atoms with Crippen molar-refractivity contribution in [2.75, 3.05) is 13.2 Å². The summed E-state index contributed by atoms with van der Waals surface area (Å²) in [5.41, 5.74) is -0.533. The third-order valence-electron chi connectivity index (χ3n) is 2.23. The van der Waals surface area contributed by atoms with E-state index < -0.39 is 48.5 Å². The molecule has 1 aromatic carbocycles. The standard InChI is InChI=1S/C11H10F6O2/c12-7-2-1-6(9(13)10(7)14)8(18)3-4-19-5-11(15,16)17/h1-2,8,18H,3-5H2. The van der Waals surface area contributed by atoms with Gasteiger partial charge in [-0.25, -0.2) is 13.2 Å². The van der Waals surface area contributed by atoms with Crippen LogP contribution in [0, 0.1) is 17.5 Å². The largest absolute Gasteiger partial charge is 0.411 e. The van der Waals surface area contributed by atoms with Crippen molar-refractivity contribution in [2.45, 2.75) is 18.7 Å². The van der Waals surface area contributed by atoms with Crippen molar-refractivity contribution in [1.29, 1.82) is 0 Å². The number of aliphatic hydroxyl groups excluding tert-OH is 1. The zero-order valence-electron chi connectivity index (χ0n) is 9.48. The van der Waals surface area contributed by atoms with Crippen molar-refractivity contribution in [1.82, 2.24) is 0 Å². The fourth-order valence-corrected chi connectivity index (χ4v) is 1.34. The second-order valence-electron chi connectivity index (χ2n) is 3.74. The van der Waals surface area contributed by atoms with Crippen LogP contribution in [0.3, 0.4) is 0 Å². The van der Waals surface area contributed by atoms with Gasteiger partial charge in [0, 0.05) is 18.6 Å². The predicted molar refractivity (Wildman–Crippen MR) is 52.8 cm³/mol. The maximum absolute atomic E-state index is 13.2. The topological polar surface area (TPSA) is 29.5 Å². The third-order valence-corrected chi connectivity index (χ3v) is 2.23. The number of halogens is 6. The van der Waals surface area contributed by atoms with E-state index in [0.29, 0.717) is 6.07 Å². The fraction of sp³-hybridized carbons (Fsp3) is 0.455. The number of hydrogen-bond acceptors (Lipinski definition) is 2. The Hall–Kier alpha value is -1.28. The van der Waals surface area contributed by atoms with Crippen molar-refractivity contribution in [3.8, 4) is 0 Å². The van der Waals surface area contributed by atoms with Crippen molar-refractivity contribution in [3.05, 3.63) is 35.1 Å². The Morgan fingerprint density at radius 1 is 1.11 bits per heavy atom. The second kappa shape index (κ2) is 6.25. The molecule has 0 aliphatic heterocycles. The van der Waals surface area contributed by atoms with Gasteiger partial charge in [-0.05, 0) is 6.07 Å². The number of ether oxygens (including phenoxy) is 1. The second-order valence-corrected chi connectivity index (χ2v) is 3.74. The van der Waals surface area contributed by atoms with Gasteiger partial charge in [-0.3, -0.25) is 0 Å². The molecule has 8 heteroatoms. The molecule has 0 aliphatic carbocycles. The van der Waals surface area contributed by atoms with E-state index in [0.717, 1.165) is 6.07 Å². The Kier molecular flexibility index (Phi) is 5.19. The van der Waals surface area contributed by atoms with Crippen LogP contribution < -0.4 is 0 Å². The quantitative estimate of drug-likeness (QED) is 0.512. The van der Waals surface area contributed by atoms with Crippen LogP contribution in [0.1, 0.15) is 18.1 Å². The van der Waals surface area contributed by atoms with Crippen LogP contribution in [0.4, 0.5) is 26.3 Å². The molecule has 0 saturated heterocycles. The van der Waals surface area contributed by atoms with Crippen molar-refractivity contribution in [2.24, 2.45) is 0 Å². The smallest absolute Gasteiger partial charge is 0.388 e. The average Bonchev–Trinajstić information content (AvgIpc) is 2.30. The lowest BCUT2D eigenvalue weighted by Gasteiger charge is -2.13. The van der Waals surface area contributed by atoms with Gasteiger partial charge in [0.25, 0.3) is 0 Å². The van der Waals surface area contributed by atoms with Crippen LogP contribution in [-0.4, -0.2) is 24.5 Å². The highest BCUT2D eigenvalue weighted by molar-refractivity contribution is 5.22. The highest BCUT2D eigenvalue weighted by atomic mass is 19.4. The van der Waals surface area contributed by atoms with Crippen LogP contribution in [0.25, 0.3) is 0 Å². The summed E-state index contributed by atoms with van der Waals surface area (Å²) in [6.45, 7) is -2.00. The van der Waals surface area contributed by atoms with Crippen LogP contribution in [0.2, 0.25) is 0 Å². The first-order valence-corrected chi connectivity index (χ1v) is 5.18. The van der Waals surface area contributed by atoms with Gasteiger partial charge in [0.15, 0.2) is 17.5 Å². The summed E-state index contributed by atoms with van der Waals surface area (Å²) in [7, 11) is 0. The minimum atomic E-state index is -4.50. The van der Waals surface area contributed by atoms with Crippen molar-refractivity contribution in [3.63, 3.8) is 0 Å². The lowest BCUT2D eigenvalue weighted by Crippen LogP contribution is -2.18. The molecular formula is C11H10F6O2. The van der Waals surface area contributed by atoms with Gasteiger partial charge in [-0.1, -0.05) is 6.07 Å². The van der Waals surface area contributed by atoms with Crippen LogP contribution >= 0.6 is 0 Å². The molecule has 2 nitrogen and oxygen atoms in total. The van der Waals surface area contributed by atoms with Gasteiger partial charge in [0.2, 0.25) is 0 Å². The molecule has 1 atom stereocenters. The number of rotatable bonds is 5. The van der Waals surface area contributed by atoms with E-state index in [1.165, 1.54) is 0 Å². The highest BCUT2D eigenvalue weighted by Crippen LogP contribution is 2.24. The molecule has 1 rings (SSSR count). The molecular weight excluding hydrogens is 278 g/mol. The van der Waals surface area contributed by atoms with E-state index >= 15 is 0 Å². The van der Waals surface area contributed by atoms with Gasteiger partial charge in [-0.2, -0.15) is 13.2 Å². The Labute approximate surface area is 104 Å². The summed E-state index contributed by atoms with van der Waals surface area (Å²) in [4.78, 5) is 0. The zero-order valence-corrected chi connectivity index (χ0v) is 9.48. The Morgan fingerprint density at radius 3 is 2.32 bits per heavy atom. The molecule has 19 heavy (non-hydrogen) atoms. The fourth-order valence-electron chi connectivity index (χ4n) is 1.34. The normalized spacial score (nSPS) is 13.6. The van der Waals surface area contributed by atoms with Gasteiger partial charge >= 0.3 is 6.18 Å². The van der Waals surface area contributed by atoms with Crippen LogP contribution in [0.15, 0.2) is 12.1 Å². The molecule has 0 aromatic heterocycles. The minimum Gasteiger partial charge on any atom is -0.388 e. The maximum atomic E-state index is 13.2. The molecule has 0 aliphatic rings. The van der Waals surface area contributed by atoms with E-state index in [9.17, 15) is 31.4 Å². The molecule has 108 valence electrons. The Balaban J connectivity index is 2.55. The number of alkyl halides is 3. The number of benzene rings is 1. The average molecular weight is 288 g/mol. The summed E-state index contributed by atoms with van der Waals surface area (Å²) in [5, 5.41) is 9.46. The van der Waals surface area contributed by atoms with Gasteiger partial charge < -0.3 is 9.84 Å². The first-order chi connectivity index (χ1) is 8.72. The number of hydrogen-bond donors (Lipinski definition) is 1. The monoisotopic (exact) mass is 288 g/mol. The summed E-state index contributed by atoms with van der Waals surface area (Å²) in [5.74, 6) is -4.72. The van der Waals surface area contributed by atoms with E-state index in [1.54, 1.807) is 0 Å². The molecule has 0 saturated carbocycles. The first kappa shape index (κ1) is 15.8. The Bertz CT molecular complexity index is 432. The maximum Gasteiger partial charge on any atom is 0.411 e. The van der Waals surface area contributed by atoms with Crippen molar-refractivity contribution >= 4 is 0 Å². The van der Waals surface area contributed by atoms with Gasteiger partial charge in [0.1, 0.15) is 6.61 Å². The van der Waals surface area contributed by atoms with Crippen molar-refractivity contribution < 1.29 is 36.2 Å². The lowest BCUT2D eigenvalue weighted by atomic mass is 10.1. The van der Waals surface area contributed by atoms with Gasteiger partial charge in [0.05, 0.1) is 6.10 Å². The molecule has 1 unspecified atom stereocenters. The van der Waals surface area contributed by atoms with Gasteiger partial charge in [-0.15, -0.1) is 0 Å².